The number of likely N-dealkylation sites (tertiary alicyclic amines) is 1. The van der Waals surface area contributed by atoms with Crippen LogP contribution in [-0.2, 0) is 9.53 Å². The van der Waals surface area contributed by atoms with Crippen molar-refractivity contribution < 1.29 is 9.53 Å². The van der Waals surface area contributed by atoms with Crippen LogP contribution in [0.25, 0.3) is 0 Å². The van der Waals surface area contributed by atoms with Crippen LogP contribution in [-0.4, -0.2) is 51.9 Å². The molecular formula is C13H20N4O2. The number of ether oxygens (including phenoxy) is 1. The topological polar surface area (TPSA) is 60.2 Å². The average molecular weight is 264 g/mol. The third kappa shape index (κ3) is 3.32. The van der Waals surface area contributed by atoms with E-state index in [1.807, 2.05) is 9.58 Å². The van der Waals surface area contributed by atoms with Crippen molar-refractivity contribution in [3.8, 4) is 0 Å². The molecule has 1 aromatic rings. The van der Waals surface area contributed by atoms with Gasteiger partial charge in [-0.1, -0.05) is 0 Å². The molecule has 1 atom stereocenters. The monoisotopic (exact) mass is 264 g/mol. The van der Waals surface area contributed by atoms with Crippen molar-refractivity contribution >= 4 is 5.91 Å². The first-order valence-corrected chi connectivity index (χ1v) is 7.02. The summed E-state index contributed by atoms with van der Waals surface area (Å²) in [5.41, 5.74) is 0. The van der Waals surface area contributed by atoms with Gasteiger partial charge in [-0.05, 0) is 31.6 Å². The van der Waals surface area contributed by atoms with Gasteiger partial charge in [-0.15, -0.1) is 0 Å². The van der Waals surface area contributed by atoms with E-state index in [0.29, 0.717) is 5.92 Å². The van der Waals surface area contributed by atoms with Crippen LogP contribution in [0.4, 0.5) is 0 Å². The number of aromatic nitrogens is 3. The molecule has 0 N–H and O–H groups in total. The third-order valence-corrected chi connectivity index (χ3v) is 3.84. The van der Waals surface area contributed by atoms with Crippen molar-refractivity contribution in [3.63, 3.8) is 0 Å². The lowest BCUT2D eigenvalue weighted by Crippen LogP contribution is -2.42. The van der Waals surface area contributed by atoms with Crippen LogP contribution in [0.5, 0.6) is 0 Å². The van der Waals surface area contributed by atoms with Gasteiger partial charge in [-0.3, -0.25) is 4.79 Å². The predicted molar refractivity (Wildman–Crippen MR) is 68.4 cm³/mol. The van der Waals surface area contributed by atoms with Crippen molar-refractivity contribution in [2.75, 3.05) is 26.3 Å². The number of amides is 1. The Morgan fingerprint density at radius 2 is 2.26 bits per heavy atom. The van der Waals surface area contributed by atoms with E-state index in [1.165, 1.54) is 12.8 Å². The zero-order chi connectivity index (χ0) is 13.1. The second kappa shape index (κ2) is 5.69. The van der Waals surface area contributed by atoms with E-state index in [2.05, 4.69) is 10.1 Å². The highest BCUT2D eigenvalue weighted by molar-refractivity contribution is 5.77. The first-order chi connectivity index (χ1) is 9.33. The molecule has 0 unspecified atom stereocenters. The number of hydrogen-bond acceptors (Lipinski definition) is 4. The van der Waals surface area contributed by atoms with Crippen molar-refractivity contribution in [3.05, 3.63) is 12.7 Å². The van der Waals surface area contributed by atoms with Crippen molar-refractivity contribution in [1.29, 1.82) is 0 Å². The van der Waals surface area contributed by atoms with Crippen LogP contribution in [0.3, 0.4) is 0 Å². The van der Waals surface area contributed by atoms with Gasteiger partial charge in [0.25, 0.3) is 0 Å². The van der Waals surface area contributed by atoms with E-state index in [4.69, 9.17) is 4.74 Å². The standard InChI is InChI=1S/C13H20N4O2/c18-13(8-19-7-11-3-4-11)16-5-1-2-12(6-16)17-10-14-9-15-17/h9-12H,1-8H2/t12-/m0/s1. The Kier molecular flexibility index (Phi) is 3.77. The van der Waals surface area contributed by atoms with Crippen molar-refractivity contribution in [2.45, 2.75) is 31.7 Å². The largest absolute Gasteiger partial charge is 0.371 e. The molecule has 1 aliphatic heterocycles. The second-order valence-corrected chi connectivity index (χ2v) is 5.47. The van der Waals surface area contributed by atoms with E-state index in [0.717, 1.165) is 32.5 Å². The van der Waals surface area contributed by atoms with Gasteiger partial charge in [0, 0.05) is 13.1 Å². The SMILES string of the molecule is O=C(COCC1CC1)N1CCC[C@H](n2cncn2)C1. The van der Waals surface area contributed by atoms with Crippen LogP contribution in [0.15, 0.2) is 12.7 Å². The van der Waals surface area contributed by atoms with Crippen molar-refractivity contribution in [1.82, 2.24) is 19.7 Å². The summed E-state index contributed by atoms with van der Waals surface area (Å²) < 4.78 is 7.32. The Balaban J connectivity index is 1.48. The quantitative estimate of drug-likeness (QED) is 0.791. The van der Waals surface area contributed by atoms with E-state index in [-0.39, 0.29) is 18.6 Å². The predicted octanol–water partition coefficient (Wildman–Crippen LogP) is 0.868. The molecule has 1 amide bonds. The number of rotatable bonds is 5. The Morgan fingerprint density at radius 1 is 1.37 bits per heavy atom. The van der Waals surface area contributed by atoms with Gasteiger partial charge in [0.1, 0.15) is 19.3 Å². The summed E-state index contributed by atoms with van der Waals surface area (Å²) in [6.07, 6.45) is 7.84. The fraction of sp³-hybridized carbons (Fsp3) is 0.769. The maximum atomic E-state index is 12.1. The molecule has 3 rings (SSSR count). The van der Waals surface area contributed by atoms with Gasteiger partial charge in [-0.2, -0.15) is 5.10 Å². The van der Waals surface area contributed by atoms with Crippen LogP contribution in [0.1, 0.15) is 31.7 Å². The summed E-state index contributed by atoms with van der Waals surface area (Å²) in [6.45, 7) is 2.51. The number of carbonyl (C=O) groups excluding carboxylic acids is 1. The van der Waals surface area contributed by atoms with E-state index >= 15 is 0 Å². The molecule has 1 aliphatic carbocycles. The minimum Gasteiger partial charge on any atom is -0.371 e. The minimum absolute atomic E-state index is 0.102. The third-order valence-electron chi connectivity index (χ3n) is 3.84. The number of nitrogens with zero attached hydrogens (tertiary/aromatic N) is 4. The molecule has 6 nitrogen and oxygen atoms in total. The van der Waals surface area contributed by atoms with Crippen LogP contribution in [0, 0.1) is 5.92 Å². The Morgan fingerprint density at radius 3 is 3.00 bits per heavy atom. The van der Waals surface area contributed by atoms with Crippen LogP contribution in [0.2, 0.25) is 0 Å². The lowest BCUT2D eigenvalue weighted by atomic mass is 10.1. The number of hydrogen-bond donors (Lipinski definition) is 0. The summed E-state index contributed by atoms with van der Waals surface area (Å²) in [6, 6.07) is 0.253. The number of piperidine rings is 1. The molecule has 2 aliphatic rings. The first-order valence-electron chi connectivity index (χ1n) is 7.02. The molecule has 1 aromatic heterocycles. The smallest absolute Gasteiger partial charge is 0.248 e. The van der Waals surface area contributed by atoms with Gasteiger partial charge in [0.15, 0.2) is 0 Å². The fourth-order valence-corrected chi connectivity index (χ4v) is 2.49. The van der Waals surface area contributed by atoms with Gasteiger partial charge >= 0.3 is 0 Å². The van der Waals surface area contributed by atoms with Gasteiger partial charge in [-0.25, -0.2) is 9.67 Å². The van der Waals surface area contributed by atoms with Crippen LogP contribution < -0.4 is 0 Å². The second-order valence-electron chi connectivity index (χ2n) is 5.47. The van der Waals surface area contributed by atoms with Gasteiger partial charge in [0.05, 0.1) is 12.6 Å². The molecule has 0 spiro atoms. The molecule has 6 heteroatoms. The summed E-state index contributed by atoms with van der Waals surface area (Å²) in [7, 11) is 0. The highest BCUT2D eigenvalue weighted by Gasteiger charge is 2.26. The molecule has 0 bridgehead atoms. The highest BCUT2D eigenvalue weighted by Crippen LogP contribution is 2.28. The molecular weight excluding hydrogens is 244 g/mol. The average Bonchev–Trinajstić information content (AvgIpc) is 3.10. The zero-order valence-corrected chi connectivity index (χ0v) is 11.1. The molecule has 19 heavy (non-hydrogen) atoms. The molecule has 104 valence electrons. The Bertz CT molecular complexity index is 416. The summed E-state index contributed by atoms with van der Waals surface area (Å²) in [5, 5.41) is 4.16. The molecule has 2 heterocycles. The highest BCUT2D eigenvalue weighted by atomic mass is 16.5. The van der Waals surface area contributed by atoms with Gasteiger partial charge in [0.2, 0.25) is 5.91 Å². The van der Waals surface area contributed by atoms with Crippen LogP contribution >= 0.6 is 0 Å². The Labute approximate surface area is 112 Å². The molecule has 0 radical (unpaired) electrons. The zero-order valence-electron chi connectivity index (χ0n) is 11.1. The van der Waals surface area contributed by atoms with E-state index in [1.54, 1.807) is 12.7 Å². The molecule has 1 saturated heterocycles. The summed E-state index contributed by atoms with van der Waals surface area (Å²) in [4.78, 5) is 17.9. The lowest BCUT2D eigenvalue weighted by molar-refractivity contribution is -0.138. The Hall–Kier alpha value is -1.43. The summed E-state index contributed by atoms with van der Waals surface area (Å²) in [5.74, 6) is 0.808. The van der Waals surface area contributed by atoms with E-state index < -0.39 is 0 Å². The van der Waals surface area contributed by atoms with E-state index in [9.17, 15) is 4.79 Å². The fourth-order valence-electron chi connectivity index (χ4n) is 2.49. The first kappa shape index (κ1) is 12.6. The van der Waals surface area contributed by atoms with Gasteiger partial charge < -0.3 is 9.64 Å². The maximum absolute atomic E-state index is 12.1. The lowest BCUT2D eigenvalue weighted by Gasteiger charge is -2.32. The normalized spacial score (nSPS) is 23.6. The number of carbonyl (C=O) groups is 1. The summed E-state index contributed by atoms with van der Waals surface area (Å²) >= 11 is 0. The molecule has 0 aromatic carbocycles. The van der Waals surface area contributed by atoms with Crippen molar-refractivity contribution in [2.24, 2.45) is 5.92 Å². The minimum atomic E-state index is 0.102. The maximum Gasteiger partial charge on any atom is 0.248 e. The molecule has 2 fully saturated rings. The molecule has 1 saturated carbocycles.